The van der Waals surface area contributed by atoms with Gasteiger partial charge in [-0.3, -0.25) is 4.79 Å². The van der Waals surface area contributed by atoms with Gasteiger partial charge in [0.15, 0.2) is 0 Å². The topological polar surface area (TPSA) is 64.9 Å². The van der Waals surface area contributed by atoms with Crippen molar-refractivity contribution in [3.05, 3.63) is 69.9 Å². The van der Waals surface area contributed by atoms with Crippen molar-refractivity contribution in [1.29, 1.82) is 5.26 Å². The Morgan fingerprint density at radius 3 is 2.62 bits per heavy atom. The molecule has 0 fully saturated rings. The van der Waals surface area contributed by atoms with E-state index in [-0.39, 0.29) is 5.57 Å². The van der Waals surface area contributed by atoms with Crippen molar-refractivity contribution < 1.29 is 4.79 Å². The van der Waals surface area contributed by atoms with E-state index in [2.05, 4.69) is 10.6 Å². The first-order valence-electron chi connectivity index (χ1n) is 7.43. The Bertz CT molecular complexity index is 850. The van der Waals surface area contributed by atoms with Crippen LogP contribution in [0.2, 0.25) is 5.02 Å². The van der Waals surface area contributed by atoms with Crippen LogP contribution in [0.25, 0.3) is 0 Å². The van der Waals surface area contributed by atoms with Crippen molar-refractivity contribution in [2.45, 2.75) is 20.8 Å². The number of hydrogen-bond acceptors (Lipinski definition) is 3. The molecule has 2 N–H and O–H groups in total. The van der Waals surface area contributed by atoms with Gasteiger partial charge in [0.1, 0.15) is 11.6 Å². The molecule has 5 heteroatoms. The molecule has 0 atom stereocenters. The van der Waals surface area contributed by atoms with E-state index < -0.39 is 5.91 Å². The molecule has 0 aromatic heterocycles. The minimum Gasteiger partial charge on any atom is -0.360 e. The van der Waals surface area contributed by atoms with Crippen LogP contribution in [0.1, 0.15) is 16.7 Å². The molecule has 0 aliphatic rings. The van der Waals surface area contributed by atoms with Crippen molar-refractivity contribution in [3.63, 3.8) is 0 Å². The Balaban J connectivity index is 2.18. The van der Waals surface area contributed by atoms with Crippen LogP contribution in [-0.4, -0.2) is 5.91 Å². The predicted molar refractivity (Wildman–Crippen MR) is 98.1 cm³/mol. The molecule has 0 bridgehead atoms. The molecule has 0 saturated heterocycles. The molecule has 1 amide bonds. The van der Waals surface area contributed by atoms with Gasteiger partial charge in [-0.25, -0.2) is 0 Å². The van der Waals surface area contributed by atoms with Gasteiger partial charge in [-0.1, -0.05) is 29.8 Å². The zero-order chi connectivity index (χ0) is 17.7. The largest absolute Gasteiger partial charge is 0.360 e. The molecule has 0 radical (unpaired) electrons. The van der Waals surface area contributed by atoms with E-state index in [1.165, 1.54) is 6.20 Å². The first-order chi connectivity index (χ1) is 11.4. The van der Waals surface area contributed by atoms with Gasteiger partial charge in [-0.2, -0.15) is 5.26 Å². The molecule has 0 heterocycles. The lowest BCUT2D eigenvalue weighted by Gasteiger charge is -2.10. The smallest absolute Gasteiger partial charge is 0.267 e. The van der Waals surface area contributed by atoms with E-state index in [0.717, 1.165) is 22.4 Å². The summed E-state index contributed by atoms with van der Waals surface area (Å²) >= 11 is 6.04. The second-order valence-electron chi connectivity index (χ2n) is 5.50. The minimum absolute atomic E-state index is 0.0183. The summed E-state index contributed by atoms with van der Waals surface area (Å²) in [6.07, 6.45) is 1.41. The Kier molecular flexibility index (Phi) is 5.62. The summed E-state index contributed by atoms with van der Waals surface area (Å²) in [5, 5.41) is 15.6. The summed E-state index contributed by atoms with van der Waals surface area (Å²) in [6.45, 7) is 5.74. The minimum atomic E-state index is -0.485. The fraction of sp³-hybridized carbons (Fsp3) is 0.158. The van der Waals surface area contributed by atoms with Gasteiger partial charge in [-0.05, 0) is 55.7 Å². The Morgan fingerprint density at radius 2 is 1.92 bits per heavy atom. The summed E-state index contributed by atoms with van der Waals surface area (Å²) < 4.78 is 0. The Labute approximate surface area is 146 Å². The molecule has 0 spiro atoms. The second-order valence-corrected chi connectivity index (χ2v) is 5.91. The van der Waals surface area contributed by atoms with Crippen molar-refractivity contribution in [2.24, 2.45) is 0 Å². The van der Waals surface area contributed by atoms with Crippen molar-refractivity contribution in [2.75, 3.05) is 10.6 Å². The van der Waals surface area contributed by atoms with Crippen LogP contribution in [0.4, 0.5) is 11.4 Å². The highest BCUT2D eigenvalue weighted by molar-refractivity contribution is 6.31. The molecular weight excluding hydrogens is 322 g/mol. The zero-order valence-corrected chi connectivity index (χ0v) is 14.5. The van der Waals surface area contributed by atoms with E-state index in [0.29, 0.717) is 10.7 Å². The van der Waals surface area contributed by atoms with Gasteiger partial charge in [0, 0.05) is 22.6 Å². The summed E-state index contributed by atoms with van der Waals surface area (Å²) in [7, 11) is 0. The number of benzene rings is 2. The normalized spacial score (nSPS) is 10.9. The fourth-order valence-corrected chi connectivity index (χ4v) is 2.30. The molecular formula is C19H18ClN3O. The maximum Gasteiger partial charge on any atom is 0.267 e. The second kappa shape index (κ2) is 7.67. The Morgan fingerprint density at radius 1 is 1.17 bits per heavy atom. The summed E-state index contributed by atoms with van der Waals surface area (Å²) in [6, 6.07) is 13.1. The molecule has 2 aromatic carbocycles. The maximum absolute atomic E-state index is 12.3. The molecule has 0 saturated carbocycles. The molecule has 0 aliphatic heterocycles. The van der Waals surface area contributed by atoms with E-state index >= 15 is 0 Å². The first-order valence-corrected chi connectivity index (χ1v) is 7.80. The number of rotatable bonds is 4. The van der Waals surface area contributed by atoms with Gasteiger partial charge in [-0.15, -0.1) is 0 Å². The molecule has 0 unspecified atom stereocenters. The van der Waals surface area contributed by atoms with Crippen molar-refractivity contribution >= 4 is 28.9 Å². The lowest BCUT2D eigenvalue weighted by Crippen LogP contribution is -2.15. The summed E-state index contributed by atoms with van der Waals surface area (Å²) in [4.78, 5) is 12.3. The number of nitrogens with one attached hydrogen (secondary N) is 2. The van der Waals surface area contributed by atoms with Crippen molar-refractivity contribution in [1.82, 2.24) is 0 Å². The zero-order valence-electron chi connectivity index (χ0n) is 13.8. The average molecular weight is 340 g/mol. The molecule has 122 valence electrons. The molecule has 2 aromatic rings. The van der Waals surface area contributed by atoms with Crippen LogP contribution in [0.3, 0.4) is 0 Å². The van der Waals surface area contributed by atoms with Gasteiger partial charge < -0.3 is 10.6 Å². The van der Waals surface area contributed by atoms with Crippen LogP contribution in [0.5, 0.6) is 0 Å². The van der Waals surface area contributed by atoms with Gasteiger partial charge in [0.2, 0.25) is 0 Å². The highest BCUT2D eigenvalue weighted by Gasteiger charge is 2.11. The highest BCUT2D eigenvalue weighted by Crippen LogP contribution is 2.23. The van der Waals surface area contributed by atoms with Gasteiger partial charge >= 0.3 is 0 Å². The molecule has 0 aliphatic carbocycles. The van der Waals surface area contributed by atoms with Crippen LogP contribution in [-0.2, 0) is 4.79 Å². The van der Waals surface area contributed by atoms with Gasteiger partial charge in [0.05, 0.1) is 0 Å². The number of carbonyl (C=O) groups is 1. The number of carbonyl (C=O) groups excluding carboxylic acids is 1. The third-order valence-corrected chi connectivity index (χ3v) is 4.06. The SMILES string of the molecule is Cc1ccc(C)c(N/C=C(/C#N)C(=O)Nc2cccc(Cl)c2C)c1. The van der Waals surface area contributed by atoms with Gasteiger partial charge in [0.25, 0.3) is 5.91 Å². The monoisotopic (exact) mass is 339 g/mol. The number of amides is 1. The van der Waals surface area contributed by atoms with Crippen LogP contribution in [0, 0.1) is 32.1 Å². The van der Waals surface area contributed by atoms with Crippen LogP contribution < -0.4 is 10.6 Å². The van der Waals surface area contributed by atoms with E-state index in [4.69, 9.17) is 11.6 Å². The maximum atomic E-state index is 12.3. The highest BCUT2D eigenvalue weighted by atomic mass is 35.5. The standard InChI is InChI=1S/C19H18ClN3O/c1-12-7-8-13(2)18(9-12)22-11-15(10-21)19(24)23-17-6-4-5-16(20)14(17)3/h4-9,11,22H,1-3H3,(H,23,24)/b15-11-. The number of nitrogens with zero attached hydrogens (tertiary/aromatic N) is 1. The van der Waals surface area contributed by atoms with Crippen LogP contribution >= 0.6 is 11.6 Å². The van der Waals surface area contributed by atoms with E-state index in [1.54, 1.807) is 18.2 Å². The van der Waals surface area contributed by atoms with E-state index in [1.807, 2.05) is 45.0 Å². The predicted octanol–water partition coefficient (Wildman–Crippen LogP) is 4.72. The quantitative estimate of drug-likeness (QED) is 0.625. The molecule has 4 nitrogen and oxygen atoms in total. The number of halogens is 1. The third-order valence-electron chi connectivity index (χ3n) is 3.65. The Hall–Kier alpha value is -2.77. The molecule has 2 rings (SSSR count). The summed E-state index contributed by atoms with van der Waals surface area (Å²) in [5.41, 5.74) is 4.30. The average Bonchev–Trinajstić information content (AvgIpc) is 2.55. The lowest BCUT2D eigenvalue weighted by molar-refractivity contribution is -0.112. The summed E-state index contributed by atoms with van der Waals surface area (Å²) in [5.74, 6) is -0.485. The van der Waals surface area contributed by atoms with Crippen molar-refractivity contribution in [3.8, 4) is 6.07 Å². The number of anilines is 2. The fourth-order valence-electron chi connectivity index (χ4n) is 2.12. The lowest BCUT2D eigenvalue weighted by atomic mass is 10.1. The van der Waals surface area contributed by atoms with E-state index in [9.17, 15) is 10.1 Å². The number of aryl methyl sites for hydroxylation is 2. The molecule has 24 heavy (non-hydrogen) atoms. The first kappa shape index (κ1) is 17.6. The third kappa shape index (κ3) is 4.15. The van der Waals surface area contributed by atoms with Crippen LogP contribution in [0.15, 0.2) is 48.2 Å². The number of nitriles is 1. The number of hydrogen-bond donors (Lipinski definition) is 2.